The third kappa shape index (κ3) is 16.1. The molecule has 28 aromatic rings. The van der Waals surface area contributed by atoms with Gasteiger partial charge >= 0.3 is 0 Å². The Morgan fingerprint density at radius 3 is 0.618 bits per heavy atom. The van der Waals surface area contributed by atoms with E-state index in [1.165, 1.54) is 263 Å². The molecule has 0 heterocycles. The summed E-state index contributed by atoms with van der Waals surface area (Å²) in [5.74, 6) is 0. The second-order valence-electron chi connectivity index (χ2n) is 37.2. The number of hydrogen-bond donors (Lipinski definition) is 0. The fourth-order valence-corrected chi connectivity index (χ4v) is 22.7. The molecule has 0 spiro atoms. The lowest BCUT2D eigenvalue weighted by Gasteiger charge is -2.19. The van der Waals surface area contributed by atoms with Gasteiger partial charge in [0, 0.05) is 0 Å². The molecule has 0 radical (unpaired) electrons. The molecule has 0 aliphatic rings. The number of fused-ring (bicyclic) bond motifs is 12. The van der Waals surface area contributed by atoms with Crippen molar-refractivity contribution >= 4 is 129 Å². The Morgan fingerprint density at radius 1 is 0.0694 bits per heavy atom. The van der Waals surface area contributed by atoms with Crippen LogP contribution in [-0.2, 0) is 0 Å². The maximum atomic E-state index is 2.38. The predicted molar refractivity (Wildman–Crippen MR) is 621 cm³/mol. The van der Waals surface area contributed by atoms with Crippen LogP contribution in [0.5, 0.6) is 0 Å². The summed E-state index contributed by atoms with van der Waals surface area (Å²) in [5.41, 5.74) is 30.5. The van der Waals surface area contributed by atoms with Crippen LogP contribution in [0.2, 0.25) is 0 Å². The van der Waals surface area contributed by atoms with Gasteiger partial charge in [-0.05, 0) is 287 Å². The zero-order valence-corrected chi connectivity index (χ0v) is 79.4. The van der Waals surface area contributed by atoms with Crippen molar-refractivity contribution in [3.63, 3.8) is 0 Å². The van der Waals surface area contributed by atoms with Crippen molar-refractivity contribution < 1.29 is 0 Å². The van der Waals surface area contributed by atoms with Gasteiger partial charge in [0.2, 0.25) is 0 Å². The zero-order valence-electron chi connectivity index (χ0n) is 79.4. The highest BCUT2D eigenvalue weighted by molar-refractivity contribution is 6.29. The maximum Gasteiger partial charge on any atom is -0.00199 e. The van der Waals surface area contributed by atoms with Gasteiger partial charge in [0.1, 0.15) is 0 Å². The van der Waals surface area contributed by atoms with Gasteiger partial charge in [-0.3, -0.25) is 0 Å². The summed E-state index contributed by atoms with van der Waals surface area (Å²) in [6.07, 6.45) is 0. The normalized spacial score (nSPS) is 11.3. The largest absolute Gasteiger partial charge is 0.0622 e. The molecule has 0 saturated carbocycles. The predicted octanol–water partition coefficient (Wildman–Crippen LogP) is 40.6. The van der Waals surface area contributed by atoms with Gasteiger partial charge in [-0.2, -0.15) is 0 Å². The van der Waals surface area contributed by atoms with Gasteiger partial charge in [0.05, 0.1) is 0 Å². The van der Waals surface area contributed by atoms with Crippen molar-refractivity contribution in [3.05, 3.63) is 582 Å². The molecule has 0 aliphatic carbocycles. The first-order chi connectivity index (χ1) is 71.5. The molecule has 0 aromatic heterocycles. The van der Waals surface area contributed by atoms with Crippen LogP contribution in [-0.4, -0.2) is 0 Å². The molecule has 0 nitrogen and oxygen atoms in total. The van der Waals surface area contributed by atoms with Gasteiger partial charge < -0.3 is 0 Å². The lowest BCUT2D eigenvalue weighted by molar-refractivity contribution is 1.63. The Kier molecular flexibility index (Phi) is 23.3. The van der Waals surface area contributed by atoms with Crippen LogP contribution in [0, 0.1) is 0 Å². The number of hydrogen-bond acceptors (Lipinski definition) is 0. The molecule has 144 heavy (non-hydrogen) atoms. The molecular weight excluding hydrogens is 1730 g/mol. The fourth-order valence-electron chi connectivity index (χ4n) is 22.7. The van der Waals surface area contributed by atoms with E-state index in [0.29, 0.717) is 0 Å². The first-order valence-electron chi connectivity index (χ1n) is 49.8. The van der Waals surface area contributed by atoms with Crippen molar-refractivity contribution in [1.29, 1.82) is 0 Å². The highest BCUT2D eigenvalue weighted by atomic mass is 14.3. The minimum absolute atomic E-state index is 1.24. The summed E-state index contributed by atoms with van der Waals surface area (Å²) in [6, 6.07) is 211. The first-order valence-corrected chi connectivity index (χ1v) is 49.8. The van der Waals surface area contributed by atoms with E-state index in [4.69, 9.17) is 0 Å². The van der Waals surface area contributed by atoms with Crippen LogP contribution in [0.1, 0.15) is 0 Å². The van der Waals surface area contributed by atoms with E-state index in [2.05, 4.69) is 582 Å². The molecule has 28 aromatic carbocycles. The average molecular weight is 1830 g/mol. The second kappa shape index (κ2) is 38.6. The molecule has 0 unspecified atom stereocenters. The van der Waals surface area contributed by atoms with Crippen molar-refractivity contribution in [3.8, 4) is 134 Å². The van der Waals surface area contributed by atoms with E-state index in [-0.39, 0.29) is 0 Å². The first kappa shape index (κ1) is 86.8. The van der Waals surface area contributed by atoms with Gasteiger partial charge in [-0.25, -0.2) is 0 Å². The molecule has 0 heteroatoms. The molecule has 0 atom stereocenters. The smallest absolute Gasteiger partial charge is 0.00199 e. The summed E-state index contributed by atoms with van der Waals surface area (Å²) in [6.45, 7) is 0. The molecule has 0 amide bonds. The molecule has 0 saturated heterocycles. The lowest BCUT2D eigenvalue weighted by atomic mass is 9.84. The Morgan fingerprint density at radius 2 is 0.278 bits per heavy atom. The van der Waals surface area contributed by atoms with Crippen LogP contribution in [0.25, 0.3) is 263 Å². The number of benzene rings is 28. The Bertz CT molecular complexity index is 9290. The summed E-state index contributed by atoms with van der Waals surface area (Å²) < 4.78 is 0. The molecule has 0 bridgehead atoms. The zero-order chi connectivity index (χ0) is 95.6. The molecule has 0 aliphatic heterocycles. The topological polar surface area (TPSA) is 0 Å². The van der Waals surface area contributed by atoms with E-state index < -0.39 is 0 Å². The molecule has 672 valence electrons. The van der Waals surface area contributed by atoms with E-state index in [1.807, 2.05) is 0 Å². The SMILES string of the molecule is c1ccc(-c2cc(-c3c4ccccc4c(-c4ccccc4)c4ccccc34)c3ccccc3c2)cc1.c1ccc(-c2ccc(-c3c4ccccc4c(-c4ccccc4)c4ccccc34)c3ccccc23)cc1.c1ccc(-c2ccc3c(-c4c5ccccc5c(-c5ccccc5)c5ccccc45)cccc3c2)cc1.c1ccc(-c2ccc3cccc(-c4c5ccccc5c(-c5ccccc5)c5ccccc45)c3c2)cc1. The van der Waals surface area contributed by atoms with Crippen molar-refractivity contribution in [2.45, 2.75) is 0 Å². The van der Waals surface area contributed by atoms with Crippen LogP contribution >= 0.6 is 0 Å². The quantitative estimate of drug-likeness (QED) is 0.107. The van der Waals surface area contributed by atoms with Crippen LogP contribution in [0.4, 0.5) is 0 Å². The van der Waals surface area contributed by atoms with Crippen molar-refractivity contribution in [2.24, 2.45) is 0 Å². The highest BCUT2D eigenvalue weighted by Crippen LogP contribution is 2.53. The molecule has 0 fully saturated rings. The highest BCUT2D eigenvalue weighted by Gasteiger charge is 2.25. The van der Waals surface area contributed by atoms with Gasteiger partial charge in [0.15, 0.2) is 0 Å². The average Bonchev–Trinajstić information content (AvgIpc) is 0.770. The fraction of sp³-hybridized carbons (Fsp3) is 0. The van der Waals surface area contributed by atoms with Crippen LogP contribution in [0.3, 0.4) is 0 Å². The third-order valence-electron chi connectivity index (χ3n) is 29.0. The van der Waals surface area contributed by atoms with E-state index in [9.17, 15) is 0 Å². The minimum atomic E-state index is 1.24. The summed E-state index contributed by atoms with van der Waals surface area (Å²) in [4.78, 5) is 0. The molecule has 0 N–H and O–H groups in total. The monoisotopic (exact) mass is 1820 g/mol. The van der Waals surface area contributed by atoms with Crippen LogP contribution in [0.15, 0.2) is 582 Å². The van der Waals surface area contributed by atoms with Crippen molar-refractivity contribution in [2.75, 3.05) is 0 Å². The minimum Gasteiger partial charge on any atom is -0.0622 e. The maximum absolute atomic E-state index is 2.38. The van der Waals surface area contributed by atoms with Crippen LogP contribution < -0.4 is 0 Å². The van der Waals surface area contributed by atoms with Gasteiger partial charge in [-0.1, -0.05) is 558 Å². The summed E-state index contributed by atoms with van der Waals surface area (Å²) in [7, 11) is 0. The Balaban J connectivity index is 0.000000101. The number of rotatable bonds is 12. The van der Waals surface area contributed by atoms with Gasteiger partial charge in [0.25, 0.3) is 0 Å². The standard InChI is InChI=1S/4C36H24/c1-3-12-25(13-4-1)28-23-22-26-16-11-21-33(34(26)24-28)36-31-19-9-7-17-29(31)35(27-14-5-2-6-15-27)30-18-8-10-20-32(30)36;1-3-12-25(13-4-1)27-22-23-29-28(24-27)16-11-21-30(29)36-33-19-9-7-17-31(33)35(26-14-5-2-6-15-26)32-18-8-10-20-34(32)36;1-3-13-25(14-4-1)28-23-27-17-7-8-18-29(27)34(24-28)36-32-21-11-9-19-30(32)35(26-15-5-2-6-16-26)31-20-10-12-22-33(31)36;1-3-13-25(14-4-1)27-23-24-34(29-18-8-7-17-28(27)29)36-32-21-11-9-19-30(32)35(26-15-5-2-6-16-26)31-20-10-12-22-33(31)36/h4*1-24H. The van der Waals surface area contributed by atoms with E-state index >= 15 is 0 Å². The van der Waals surface area contributed by atoms with E-state index in [0.717, 1.165) is 0 Å². The second-order valence-corrected chi connectivity index (χ2v) is 37.2. The van der Waals surface area contributed by atoms with E-state index in [1.54, 1.807) is 0 Å². The Hall–Kier alpha value is -18.7. The summed E-state index contributed by atoms with van der Waals surface area (Å²) >= 11 is 0. The van der Waals surface area contributed by atoms with Crippen molar-refractivity contribution in [1.82, 2.24) is 0 Å². The van der Waals surface area contributed by atoms with Gasteiger partial charge in [-0.15, -0.1) is 0 Å². The Labute approximate surface area is 838 Å². The lowest BCUT2D eigenvalue weighted by Crippen LogP contribution is -1.92. The molecular formula is C144H96. The summed E-state index contributed by atoms with van der Waals surface area (Å²) in [5, 5.41) is 30.7. The third-order valence-corrected chi connectivity index (χ3v) is 29.0. The molecule has 28 rings (SSSR count).